The van der Waals surface area contributed by atoms with Gasteiger partial charge in [-0.05, 0) is 75.1 Å². The average molecular weight is 499 g/mol. The standard InChI is InChI=1S/C27H23BrN4O/c28-23-2-1-3-25-26(23)30-27(32(25)16-18-11-13-31(15-18)17-33)20-6-4-19(5-7-20)21-8-9-24-22(14-21)10-12-29-24/h1-10,12,14,17-18,29H,11,13,15-16H2. The zero-order chi connectivity index (χ0) is 22.4. The molecular weight excluding hydrogens is 476 g/mol. The van der Waals surface area contributed by atoms with Gasteiger partial charge in [-0.3, -0.25) is 4.79 Å². The number of carbonyl (C=O) groups is 1. The molecule has 164 valence electrons. The Kier molecular flexibility index (Phi) is 5.03. The molecule has 5 aromatic rings. The predicted octanol–water partition coefficient (Wildman–Crippen LogP) is 6.09. The maximum Gasteiger partial charge on any atom is 0.209 e. The summed E-state index contributed by atoms with van der Waals surface area (Å²) in [5.74, 6) is 1.40. The smallest absolute Gasteiger partial charge is 0.209 e. The van der Waals surface area contributed by atoms with Crippen LogP contribution < -0.4 is 0 Å². The molecular formula is C27H23BrN4O. The lowest BCUT2D eigenvalue weighted by Crippen LogP contribution is -2.20. The number of halogens is 1. The quantitative estimate of drug-likeness (QED) is 0.298. The first kappa shape index (κ1) is 20.2. The van der Waals surface area contributed by atoms with Crippen molar-refractivity contribution in [2.75, 3.05) is 13.1 Å². The van der Waals surface area contributed by atoms with Crippen molar-refractivity contribution in [1.82, 2.24) is 19.4 Å². The first-order valence-corrected chi connectivity index (χ1v) is 12.0. The van der Waals surface area contributed by atoms with Gasteiger partial charge >= 0.3 is 0 Å². The number of nitrogens with zero attached hydrogens (tertiary/aromatic N) is 3. The molecule has 1 saturated heterocycles. The van der Waals surface area contributed by atoms with Crippen LogP contribution >= 0.6 is 15.9 Å². The summed E-state index contributed by atoms with van der Waals surface area (Å²) in [4.78, 5) is 21.4. The molecule has 5 nitrogen and oxygen atoms in total. The Morgan fingerprint density at radius 3 is 2.67 bits per heavy atom. The van der Waals surface area contributed by atoms with Gasteiger partial charge in [-0.2, -0.15) is 0 Å². The monoisotopic (exact) mass is 498 g/mol. The minimum atomic E-state index is 0.428. The fourth-order valence-electron chi connectivity index (χ4n) is 4.93. The number of hydrogen-bond donors (Lipinski definition) is 1. The number of amides is 1. The van der Waals surface area contributed by atoms with Crippen molar-refractivity contribution in [3.8, 4) is 22.5 Å². The number of para-hydroxylation sites is 1. The number of aromatic nitrogens is 3. The van der Waals surface area contributed by atoms with Gasteiger partial charge in [-0.1, -0.05) is 36.4 Å². The van der Waals surface area contributed by atoms with Crippen LogP contribution in [0.25, 0.3) is 44.5 Å². The number of H-pyrrole nitrogens is 1. The van der Waals surface area contributed by atoms with Crippen LogP contribution in [-0.4, -0.2) is 38.9 Å². The van der Waals surface area contributed by atoms with Crippen LogP contribution in [0.4, 0.5) is 0 Å². The van der Waals surface area contributed by atoms with Crippen molar-refractivity contribution in [2.45, 2.75) is 13.0 Å². The number of aromatic amines is 1. The van der Waals surface area contributed by atoms with Crippen LogP contribution in [0.3, 0.4) is 0 Å². The highest BCUT2D eigenvalue weighted by Gasteiger charge is 2.24. The third kappa shape index (κ3) is 3.64. The molecule has 0 spiro atoms. The van der Waals surface area contributed by atoms with Gasteiger partial charge in [0.25, 0.3) is 0 Å². The Morgan fingerprint density at radius 1 is 1.03 bits per heavy atom. The molecule has 1 N–H and O–H groups in total. The number of nitrogens with one attached hydrogen (secondary N) is 1. The molecule has 3 aromatic carbocycles. The molecule has 6 heteroatoms. The van der Waals surface area contributed by atoms with E-state index in [1.54, 1.807) is 0 Å². The summed E-state index contributed by atoms with van der Waals surface area (Å²) in [6.07, 6.45) is 3.96. The van der Waals surface area contributed by atoms with Crippen molar-refractivity contribution in [1.29, 1.82) is 0 Å². The summed E-state index contributed by atoms with van der Waals surface area (Å²) in [6, 6.07) is 23.5. The van der Waals surface area contributed by atoms with E-state index in [0.29, 0.717) is 5.92 Å². The first-order valence-electron chi connectivity index (χ1n) is 11.2. The van der Waals surface area contributed by atoms with Gasteiger partial charge in [0.1, 0.15) is 11.3 Å². The van der Waals surface area contributed by atoms with Gasteiger partial charge < -0.3 is 14.5 Å². The molecule has 0 saturated carbocycles. The van der Waals surface area contributed by atoms with E-state index < -0.39 is 0 Å². The van der Waals surface area contributed by atoms with Gasteiger partial charge in [-0.15, -0.1) is 0 Å². The number of hydrogen-bond acceptors (Lipinski definition) is 2. The normalized spacial score (nSPS) is 16.2. The number of benzene rings is 3. The van der Waals surface area contributed by atoms with Crippen LogP contribution in [0.2, 0.25) is 0 Å². The summed E-state index contributed by atoms with van der Waals surface area (Å²) in [5, 5.41) is 1.21. The fourth-order valence-corrected chi connectivity index (χ4v) is 5.37. The van der Waals surface area contributed by atoms with E-state index >= 15 is 0 Å². The molecule has 6 rings (SSSR count). The van der Waals surface area contributed by atoms with Crippen molar-refractivity contribution in [3.05, 3.63) is 77.4 Å². The second-order valence-electron chi connectivity index (χ2n) is 8.77. The molecule has 0 bridgehead atoms. The van der Waals surface area contributed by atoms with E-state index in [2.05, 4.69) is 86.1 Å². The van der Waals surface area contributed by atoms with E-state index in [-0.39, 0.29) is 0 Å². The number of fused-ring (bicyclic) bond motifs is 2. The Morgan fingerprint density at radius 2 is 1.85 bits per heavy atom. The van der Waals surface area contributed by atoms with Crippen LogP contribution in [0, 0.1) is 5.92 Å². The molecule has 1 fully saturated rings. The molecule has 1 amide bonds. The summed E-state index contributed by atoms with van der Waals surface area (Å²) in [5.41, 5.74) is 6.71. The van der Waals surface area contributed by atoms with E-state index in [0.717, 1.165) is 64.9 Å². The lowest BCUT2D eigenvalue weighted by Gasteiger charge is -2.15. The largest absolute Gasteiger partial charge is 0.361 e. The van der Waals surface area contributed by atoms with Crippen LogP contribution in [-0.2, 0) is 11.3 Å². The number of imidazole rings is 1. The maximum atomic E-state index is 11.2. The molecule has 2 aromatic heterocycles. The highest BCUT2D eigenvalue weighted by Crippen LogP contribution is 2.33. The molecule has 1 aliphatic heterocycles. The molecule has 3 heterocycles. The van der Waals surface area contributed by atoms with Gasteiger partial charge in [0.15, 0.2) is 0 Å². The van der Waals surface area contributed by atoms with Crippen molar-refractivity contribution >= 4 is 44.3 Å². The lowest BCUT2D eigenvalue weighted by atomic mass is 10.0. The van der Waals surface area contributed by atoms with Crippen LogP contribution in [0.5, 0.6) is 0 Å². The molecule has 1 unspecified atom stereocenters. The Labute approximate surface area is 200 Å². The molecule has 33 heavy (non-hydrogen) atoms. The highest BCUT2D eigenvalue weighted by atomic mass is 79.9. The van der Waals surface area contributed by atoms with E-state index in [1.807, 2.05) is 17.2 Å². The van der Waals surface area contributed by atoms with Crippen LogP contribution in [0.15, 0.2) is 77.4 Å². The Hall–Kier alpha value is -3.38. The molecule has 0 radical (unpaired) electrons. The second-order valence-corrected chi connectivity index (χ2v) is 9.62. The summed E-state index contributed by atoms with van der Waals surface area (Å²) < 4.78 is 3.32. The van der Waals surface area contributed by atoms with E-state index in [9.17, 15) is 4.79 Å². The Balaban J connectivity index is 1.38. The van der Waals surface area contributed by atoms with E-state index in [4.69, 9.17) is 4.98 Å². The highest BCUT2D eigenvalue weighted by molar-refractivity contribution is 9.10. The van der Waals surface area contributed by atoms with E-state index in [1.165, 1.54) is 16.5 Å². The zero-order valence-electron chi connectivity index (χ0n) is 18.0. The first-order chi connectivity index (χ1) is 16.2. The topological polar surface area (TPSA) is 53.9 Å². The summed E-state index contributed by atoms with van der Waals surface area (Å²) >= 11 is 3.68. The number of likely N-dealkylation sites (tertiary alicyclic amines) is 1. The minimum Gasteiger partial charge on any atom is -0.361 e. The number of carbonyl (C=O) groups excluding carboxylic acids is 1. The van der Waals surface area contributed by atoms with Crippen LogP contribution in [0.1, 0.15) is 6.42 Å². The lowest BCUT2D eigenvalue weighted by molar-refractivity contribution is -0.117. The van der Waals surface area contributed by atoms with Crippen molar-refractivity contribution < 1.29 is 4.79 Å². The van der Waals surface area contributed by atoms with Gasteiger partial charge in [0.2, 0.25) is 6.41 Å². The SMILES string of the molecule is O=CN1CCC(Cn2c(-c3ccc(-c4ccc5[nH]ccc5c4)cc3)nc3c(Br)cccc32)C1. The van der Waals surface area contributed by atoms with Gasteiger partial charge in [-0.25, -0.2) is 4.98 Å². The average Bonchev–Trinajstić information content (AvgIpc) is 3.58. The Bertz CT molecular complexity index is 1470. The molecule has 0 aliphatic carbocycles. The third-order valence-electron chi connectivity index (χ3n) is 6.67. The number of rotatable bonds is 5. The minimum absolute atomic E-state index is 0.428. The van der Waals surface area contributed by atoms with Crippen molar-refractivity contribution in [2.24, 2.45) is 5.92 Å². The third-order valence-corrected chi connectivity index (χ3v) is 7.31. The maximum absolute atomic E-state index is 11.2. The summed E-state index contributed by atoms with van der Waals surface area (Å²) in [7, 11) is 0. The van der Waals surface area contributed by atoms with Crippen molar-refractivity contribution in [3.63, 3.8) is 0 Å². The fraction of sp³-hybridized carbons (Fsp3) is 0.185. The van der Waals surface area contributed by atoms with Gasteiger partial charge in [0.05, 0.1) is 5.52 Å². The molecule has 1 atom stereocenters. The zero-order valence-corrected chi connectivity index (χ0v) is 19.6. The van der Waals surface area contributed by atoms with Gasteiger partial charge in [0, 0.05) is 41.4 Å². The molecule has 1 aliphatic rings. The second kappa shape index (κ2) is 8.19. The predicted molar refractivity (Wildman–Crippen MR) is 136 cm³/mol. The summed E-state index contributed by atoms with van der Waals surface area (Å²) in [6.45, 7) is 2.48.